The fraction of sp³-hybridized carbons (Fsp3) is 0. The summed E-state index contributed by atoms with van der Waals surface area (Å²) in [6.45, 7) is 0. The summed E-state index contributed by atoms with van der Waals surface area (Å²) in [6, 6.07) is 9.43. The van der Waals surface area contributed by atoms with E-state index in [0.717, 1.165) is 5.69 Å². The van der Waals surface area contributed by atoms with Crippen LogP contribution >= 0.6 is 0 Å². The maximum Gasteiger partial charge on any atom is 0.271 e. The highest BCUT2D eigenvalue weighted by Gasteiger charge is 2.10. The van der Waals surface area contributed by atoms with Crippen LogP contribution in [0.5, 0.6) is 0 Å². The summed E-state index contributed by atoms with van der Waals surface area (Å²) < 4.78 is 4.64. The van der Waals surface area contributed by atoms with Crippen LogP contribution in [0.2, 0.25) is 0 Å². The van der Waals surface area contributed by atoms with Crippen LogP contribution in [0, 0.1) is 0 Å². The first-order valence-electron chi connectivity index (χ1n) is 3.35. The minimum absolute atomic E-state index is 0.138. The highest BCUT2D eigenvalue weighted by Crippen LogP contribution is 1.95. The average molecular weight is 179 g/mol. The predicted octanol–water partition coefficient (Wildman–Crippen LogP) is 0.252. The van der Waals surface area contributed by atoms with E-state index in [1.165, 1.54) is 4.80 Å². The van der Waals surface area contributed by atoms with E-state index in [1.54, 1.807) is 0 Å². The Balaban J connectivity index is 2.45. The monoisotopic (exact) mass is 179 g/mol. The lowest BCUT2D eigenvalue weighted by Gasteiger charge is -1.82. The molecule has 0 unspecified atom stereocenters. The number of hydrogen-bond donors (Lipinski definition) is 0. The summed E-state index contributed by atoms with van der Waals surface area (Å²) in [7, 11) is 0. The normalized spacial score (nSPS) is 10.0. The average Bonchev–Trinajstić information content (AvgIpc) is 2.54. The van der Waals surface area contributed by atoms with Crippen molar-refractivity contribution >= 4 is 12.6 Å². The lowest BCUT2D eigenvalue weighted by molar-refractivity contribution is -0.725. The highest BCUT2D eigenvalue weighted by molar-refractivity contribution is 7.58. The summed E-state index contributed by atoms with van der Waals surface area (Å²) in [6.07, 6.45) is 0. The van der Waals surface area contributed by atoms with Crippen LogP contribution in [0.3, 0.4) is 0 Å². The lowest BCUT2D eigenvalue weighted by Crippen LogP contribution is -2.35. The van der Waals surface area contributed by atoms with E-state index >= 15 is 0 Å². The molecule has 5 heteroatoms. The zero-order chi connectivity index (χ0) is 8.39. The fourth-order valence-corrected chi connectivity index (χ4v) is 0.964. The van der Waals surface area contributed by atoms with Crippen molar-refractivity contribution < 1.29 is 9.32 Å². The number of aromatic nitrogens is 3. The van der Waals surface area contributed by atoms with Gasteiger partial charge in [-0.2, -0.15) is 0 Å². The first-order chi connectivity index (χ1) is 5.86. The van der Waals surface area contributed by atoms with Crippen LogP contribution < -0.4 is 4.80 Å². The summed E-state index contributed by atoms with van der Waals surface area (Å²) in [5, 5.41) is 7.58. The Morgan fingerprint density at radius 1 is 1.25 bits per heavy atom. The second-order valence-electron chi connectivity index (χ2n) is 2.16. The predicted molar refractivity (Wildman–Crippen MR) is 41.5 cm³/mol. The molecule has 0 bridgehead atoms. The van der Waals surface area contributed by atoms with Crippen molar-refractivity contribution in [2.75, 3.05) is 0 Å². The summed E-state index contributed by atoms with van der Waals surface area (Å²) in [4.78, 5) is 1.35. The number of nitrogens with zero attached hydrogens (tertiary/aromatic N) is 3. The second-order valence-corrected chi connectivity index (χ2v) is 2.51. The van der Waals surface area contributed by atoms with Crippen LogP contribution in [-0.2, 0) is 12.6 Å². The van der Waals surface area contributed by atoms with Gasteiger partial charge in [-0.3, -0.25) is 0 Å². The molecule has 0 radical (unpaired) electrons. The second kappa shape index (κ2) is 2.86. The van der Waals surface area contributed by atoms with Crippen LogP contribution in [0.1, 0.15) is 0 Å². The number of para-hydroxylation sites is 1. The number of hydrogen-bond acceptors (Lipinski definition) is 4. The van der Waals surface area contributed by atoms with Crippen molar-refractivity contribution in [1.82, 2.24) is 10.4 Å². The maximum absolute atomic E-state index is 4.67. The molecular weight excluding hydrogens is 174 g/mol. The van der Waals surface area contributed by atoms with E-state index in [-0.39, 0.29) is 5.22 Å². The standard InChI is InChI=1S/C7H5N3OS/c12-7-8-10(9-11-7)6-4-2-1-3-5-6/h1-5H. The van der Waals surface area contributed by atoms with Gasteiger partial charge in [0, 0.05) is 17.2 Å². The van der Waals surface area contributed by atoms with Gasteiger partial charge in [-0.05, 0) is 0 Å². The van der Waals surface area contributed by atoms with E-state index < -0.39 is 0 Å². The molecule has 1 aromatic heterocycles. The Morgan fingerprint density at radius 2 is 2.00 bits per heavy atom. The van der Waals surface area contributed by atoms with Crippen molar-refractivity contribution in [3.8, 4) is 5.69 Å². The third-order valence-electron chi connectivity index (χ3n) is 1.36. The van der Waals surface area contributed by atoms with Crippen LogP contribution in [-0.4, -0.2) is 10.4 Å². The van der Waals surface area contributed by atoms with Gasteiger partial charge in [0.25, 0.3) is 5.69 Å². The van der Waals surface area contributed by atoms with E-state index in [1.807, 2.05) is 30.3 Å². The van der Waals surface area contributed by atoms with E-state index in [9.17, 15) is 0 Å². The quantitative estimate of drug-likeness (QED) is 0.465. The summed E-state index contributed by atoms with van der Waals surface area (Å²) in [5.41, 5.74) is 0.831. The molecule has 0 amide bonds. The molecule has 0 aliphatic heterocycles. The first kappa shape index (κ1) is 7.17. The third-order valence-corrected chi connectivity index (χ3v) is 1.52. The van der Waals surface area contributed by atoms with Gasteiger partial charge in [-0.15, -0.1) is 0 Å². The Labute approximate surface area is 74.2 Å². The van der Waals surface area contributed by atoms with Crippen LogP contribution in [0.25, 0.3) is 5.69 Å². The van der Waals surface area contributed by atoms with E-state index in [4.69, 9.17) is 0 Å². The Morgan fingerprint density at radius 3 is 2.58 bits per heavy atom. The smallest absolute Gasteiger partial charge is 0.271 e. The third kappa shape index (κ3) is 1.26. The number of rotatable bonds is 1. The van der Waals surface area contributed by atoms with Gasteiger partial charge in [0.05, 0.1) is 0 Å². The van der Waals surface area contributed by atoms with Crippen molar-refractivity contribution in [3.05, 3.63) is 30.3 Å². The van der Waals surface area contributed by atoms with Gasteiger partial charge in [0.2, 0.25) is 5.27 Å². The van der Waals surface area contributed by atoms with Crippen molar-refractivity contribution in [3.63, 3.8) is 0 Å². The molecule has 60 valence electrons. The molecule has 0 fully saturated rings. The molecule has 1 aromatic carbocycles. The molecule has 0 saturated carbocycles. The van der Waals surface area contributed by atoms with E-state index in [2.05, 4.69) is 27.5 Å². The zero-order valence-corrected chi connectivity index (χ0v) is 6.86. The van der Waals surface area contributed by atoms with Crippen molar-refractivity contribution in [1.29, 1.82) is 0 Å². The van der Waals surface area contributed by atoms with Gasteiger partial charge in [-0.1, -0.05) is 18.2 Å². The van der Waals surface area contributed by atoms with Gasteiger partial charge < -0.3 is 17.2 Å². The molecule has 0 N–H and O–H groups in total. The molecule has 0 aliphatic carbocycles. The van der Waals surface area contributed by atoms with Gasteiger partial charge in [0.15, 0.2) is 5.22 Å². The minimum atomic E-state index is 0.138. The molecule has 0 atom stereocenters. The molecule has 1 heterocycles. The molecule has 4 nitrogen and oxygen atoms in total. The van der Waals surface area contributed by atoms with Gasteiger partial charge in [0.1, 0.15) is 4.80 Å². The molecule has 0 spiro atoms. The van der Waals surface area contributed by atoms with Gasteiger partial charge >= 0.3 is 0 Å². The lowest BCUT2D eigenvalue weighted by atomic mass is 10.3. The van der Waals surface area contributed by atoms with Gasteiger partial charge in [-0.25, -0.2) is 0 Å². The first-order valence-corrected chi connectivity index (χ1v) is 3.76. The molecule has 0 saturated heterocycles. The summed E-state index contributed by atoms with van der Waals surface area (Å²) in [5.74, 6) is 0. The highest BCUT2D eigenvalue weighted by atomic mass is 32.1. The maximum atomic E-state index is 4.67. The SMILES string of the molecule is [S-]c1n[n+](-c2ccccc2)no1. The summed E-state index contributed by atoms with van der Waals surface area (Å²) >= 11 is 4.67. The number of benzene rings is 1. The molecule has 0 aliphatic rings. The van der Waals surface area contributed by atoms with Crippen LogP contribution in [0.4, 0.5) is 0 Å². The van der Waals surface area contributed by atoms with Crippen molar-refractivity contribution in [2.45, 2.75) is 5.22 Å². The molecule has 12 heavy (non-hydrogen) atoms. The molecule has 2 rings (SSSR count). The van der Waals surface area contributed by atoms with Crippen molar-refractivity contribution in [2.24, 2.45) is 0 Å². The zero-order valence-electron chi connectivity index (χ0n) is 6.04. The van der Waals surface area contributed by atoms with Crippen LogP contribution in [0.15, 0.2) is 40.1 Å². The topological polar surface area (TPSA) is 42.8 Å². The Bertz CT molecular complexity index is 373. The molecular formula is C7H5N3OS. The molecule has 2 aromatic rings. The Hall–Kier alpha value is -1.49. The largest absolute Gasteiger partial charge is 0.712 e. The minimum Gasteiger partial charge on any atom is -0.712 e. The fourth-order valence-electron chi connectivity index (χ4n) is 0.854. The Kier molecular flexibility index (Phi) is 1.71. The van der Waals surface area contributed by atoms with E-state index in [0.29, 0.717) is 0 Å².